The van der Waals surface area contributed by atoms with Crippen molar-refractivity contribution < 1.29 is 45.4 Å². The molecule has 2 aromatic rings. The lowest BCUT2D eigenvalue weighted by molar-refractivity contribution is -0.253. The second-order valence-electron chi connectivity index (χ2n) is 6.56. The molecule has 152 valence electrons. The van der Waals surface area contributed by atoms with E-state index in [-0.39, 0.29) is 11.1 Å². The first-order valence-electron chi connectivity index (χ1n) is 8.27. The Kier molecular flexibility index (Phi) is 4.14. The Balaban J connectivity index is 1.90. The van der Waals surface area contributed by atoms with Gasteiger partial charge in [-0.1, -0.05) is 30.3 Å². The molecule has 2 heterocycles. The quantitative estimate of drug-likeness (QED) is 0.510. The molecule has 0 aromatic heterocycles. The summed E-state index contributed by atoms with van der Waals surface area (Å²) in [4.78, 5) is 24.2. The number of esters is 2. The molecule has 0 bridgehead atoms. The molecular weight excluding hydrogens is 406 g/mol. The van der Waals surface area contributed by atoms with Crippen LogP contribution in [0.2, 0.25) is 0 Å². The normalized spacial score (nSPS) is 21.1. The van der Waals surface area contributed by atoms with Gasteiger partial charge in [-0.25, -0.2) is 9.59 Å². The second kappa shape index (κ2) is 6.23. The number of rotatable bonds is 2. The molecule has 0 amide bonds. The summed E-state index contributed by atoms with van der Waals surface area (Å²) in [6.07, 6.45) is -14.3. The molecule has 0 fully saturated rings. The summed E-state index contributed by atoms with van der Waals surface area (Å²) in [5, 5.41) is 0. The van der Waals surface area contributed by atoms with Crippen LogP contribution in [0.4, 0.5) is 26.3 Å². The van der Waals surface area contributed by atoms with Crippen molar-refractivity contribution in [3.05, 3.63) is 70.3 Å². The largest absolute Gasteiger partial charge is 0.449 e. The summed E-state index contributed by atoms with van der Waals surface area (Å²) in [5.74, 6) is -5.72. The van der Waals surface area contributed by atoms with Crippen molar-refractivity contribution in [2.45, 2.75) is 30.5 Å². The van der Waals surface area contributed by atoms with E-state index in [0.29, 0.717) is 6.07 Å². The summed E-state index contributed by atoms with van der Waals surface area (Å²) in [5.41, 5.74) is -1.84. The number of alkyl halides is 6. The summed E-state index contributed by atoms with van der Waals surface area (Å²) in [6.45, 7) is 0. The van der Waals surface area contributed by atoms with Crippen molar-refractivity contribution in [1.82, 2.24) is 0 Å². The van der Waals surface area contributed by atoms with Crippen molar-refractivity contribution in [3.63, 3.8) is 0 Å². The van der Waals surface area contributed by atoms with Gasteiger partial charge in [-0.2, -0.15) is 26.3 Å². The van der Waals surface area contributed by atoms with E-state index in [0.717, 1.165) is 12.1 Å². The molecule has 29 heavy (non-hydrogen) atoms. The molecule has 2 atom stereocenters. The first-order valence-corrected chi connectivity index (χ1v) is 8.27. The van der Waals surface area contributed by atoms with Crippen molar-refractivity contribution in [3.8, 4) is 0 Å². The number of cyclic esters (lactones) is 2. The van der Waals surface area contributed by atoms with Gasteiger partial charge >= 0.3 is 24.3 Å². The Morgan fingerprint density at radius 2 is 1.28 bits per heavy atom. The topological polar surface area (TPSA) is 52.6 Å². The van der Waals surface area contributed by atoms with Gasteiger partial charge in [0.2, 0.25) is 0 Å². The zero-order valence-electron chi connectivity index (χ0n) is 14.2. The minimum Gasteiger partial charge on any atom is -0.449 e. The Morgan fingerprint density at radius 1 is 0.724 bits per heavy atom. The molecule has 2 unspecified atom stereocenters. The highest BCUT2D eigenvalue weighted by atomic mass is 19.4. The van der Waals surface area contributed by atoms with Gasteiger partial charge in [0.05, 0.1) is 11.1 Å². The number of halogens is 6. The number of carbonyl (C=O) groups is 2. The summed E-state index contributed by atoms with van der Waals surface area (Å²) in [7, 11) is 0. The van der Waals surface area contributed by atoms with E-state index in [2.05, 4.69) is 0 Å². The van der Waals surface area contributed by atoms with Gasteiger partial charge in [0.15, 0.2) is 18.1 Å². The molecule has 4 nitrogen and oxygen atoms in total. The van der Waals surface area contributed by atoms with Crippen molar-refractivity contribution >= 4 is 11.9 Å². The van der Waals surface area contributed by atoms with Gasteiger partial charge in [-0.3, -0.25) is 0 Å². The Hall–Kier alpha value is -3.04. The molecule has 10 heteroatoms. The lowest BCUT2D eigenvalue weighted by Crippen LogP contribution is -2.35. The van der Waals surface area contributed by atoms with Gasteiger partial charge < -0.3 is 9.47 Å². The van der Waals surface area contributed by atoms with Crippen molar-refractivity contribution in [1.29, 1.82) is 0 Å². The molecule has 0 spiro atoms. The molecule has 0 N–H and O–H groups in total. The van der Waals surface area contributed by atoms with Gasteiger partial charge in [-0.05, 0) is 17.7 Å². The zero-order chi connectivity index (χ0) is 21.1. The second-order valence-corrected chi connectivity index (χ2v) is 6.56. The van der Waals surface area contributed by atoms with E-state index in [1.807, 2.05) is 0 Å². The van der Waals surface area contributed by atoms with E-state index in [4.69, 9.17) is 9.47 Å². The third kappa shape index (κ3) is 3.02. The molecule has 2 aliphatic heterocycles. The first kappa shape index (κ1) is 19.3. The summed E-state index contributed by atoms with van der Waals surface area (Å²) < 4.78 is 90.3. The lowest BCUT2D eigenvalue weighted by Gasteiger charge is -2.27. The fourth-order valence-electron chi connectivity index (χ4n) is 3.72. The average molecular weight is 416 g/mol. The van der Waals surface area contributed by atoms with E-state index in [1.165, 1.54) is 24.3 Å². The maximum atomic E-state index is 13.3. The lowest BCUT2D eigenvalue weighted by atomic mass is 9.86. The van der Waals surface area contributed by atoms with Crippen LogP contribution in [-0.2, 0) is 9.47 Å². The van der Waals surface area contributed by atoms with Crippen LogP contribution in [0.1, 0.15) is 55.5 Å². The van der Waals surface area contributed by atoms with Crippen LogP contribution >= 0.6 is 0 Å². The summed E-state index contributed by atoms with van der Waals surface area (Å²) >= 11 is 0. The van der Waals surface area contributed by atoms with Crippen LogP contribution in [0.15, 0.2) is 42.5 Å². The maximum Gasteiger partial charge on any atom is 0.404 e. The smallest absolute Gasteiger partial charge is 0.404 e. The average Bonchev–Trinajstić information content (AvgIpc) is 3.11. The van der Waals surface area contributed by atoms with Crippen LogP contribution < -0.4 is 0 Å². The first-order chi connectivity index (χ1) is 13.5. The SMILES string of the molecule is O=C1OC(C2OC(=O)c3cccc(C(C(F)(F)F)C(F)(F)F)c32)c2ccccc21. The number of benzene rings is 2. The third-order valence-corrected chi connectivity index (χ3v) is 4.84. The molecule has 0 saturated carbocycles. The van der Waals surface area contributed by atoms with Crippen LogP contribution in [0.25, 0.3) is 0 Å². The van der Waals surface area contributed by atoms with Crippen LogP contribution in [0.5, 0.6) is 0 Å². The molecule has 2 aliphatic rings. The third-order valence-electron chi connectivity index (χ3n) is 4.84. The standard InChI is InChI=1S/C19H10F6O4/c20-18(21,22)15(19(23,24)25)10-6-3-7-11-12(10)14(29-17(11)27)13-8-4-1-2-5-9(8)16(26)28-13/h1-7,13-15H. The van der Waals surface area contributed by atoms with Crippen molar-refractivity contribution in [2.24, 2.45) is 0 Å². The van der Waals surface area contributed by atoms with Gasteiger partial charge in [-0.15, -0.1) is 0 Å². The van der Waals surface area contributed by atoms with Crippen LogP contribution in [0, 0.1) is 0 Å². The highest BCUT2D eigenvalue weighted by Crippen LogP contribution is 2.53. The fourth-order valence-corrected chi connectivity index (χ4v) is 3.72. The summed E-state index contributed by atoms with van der Waals surface area (Å²) in [6, 6.07) is 8.53. The highest BCUT2D eigenvalue weighted by Gasteiger charge is 2.60. The van der Waals surface area contributed by atoms with E-state index < -0.39 is 59.1 Å². The molecule has 0 saturated heterocycles. The predicted octanol–water partition coefficient (Wildman–Crippen LogP) is 5.02. The number of hydrogen-bond acceptors (Lipinski definition) is 4. The zero-order valence-corrected chi connectivity index (χ0v) is 14.2. The van der Waals surface area contributed by atoms with Gasteiger partial charge in [0, 0.05) is 11.1 Å². The molecule has 0 aliphatic carbocycles. The highest BCUT2D eigenvalue weighted by molar-refractivity contribution is 5.96. The minimum atomic E-state index is -5.66. The Bertz CT molecular complexity index is 996. The van der Waals surface area contributed by atoms with E-state index >= 15 is 0 Å². The Morgan fingerprint density at radius 3 is 1.93 bits per heavy atom. The fraction of sp³-hybridized carbons (Fsp3) is 0.263. The number of ether oxygens (including phenoxy) is 2. The monoisotopic (exact) mass is 416 g/mol. The number of hydrogen-bond donors (Lipinski definition) is 0. The van der Waals surface area contributed by atoms with E-state index in [9.17, 15) is 35.9 Å². The number of fused-ring (bicyclic) bond motifs is 2. The minimum absolute atomic E-state index is 0.0997. The maximum absolute atomic E-state index is 13.3. The van der Waals surface area contributed by atoms with Crippen molar-refractivity contribution in [2.75, 3.05) is 0 Å². The predicted molar refractivity (Wildman–Crippen MR) is 84.0 cm³/mol. The molecule has 2 aromatic carbocycles. The number of carbonyl (C=O) groups excluding carboxylic acids is 2. The van der Waals surface area contributed by atoms with Gasteiger partial charge in [0.1, 0.15) is 0 Å². The van der Waals surface area contributed by atoms with E-state index in [1.54, 1.807) is 0 Å². The molecule has 4 rings (SSSR count). The molecular formula is C19H10F6O4. The van der Waals surface area contributed by atoms with Crippen LogP contribution in [0.3, 0.4) is 0 Å². The Labute approximate surface area is 159 Å². The van der Waals surface area contributed by atoms with Gasteiger partial charge in [0.25, 0.3) is 0 Å². The van der Waals surface area contributed by atoms with Crippen LogP contribution in [-0.4, -0.2) is 24.3 Å². The molecule has 0 radical (unpaired) electrons.